The third kappa shape index (κ3) is 2.20. The van der Waals surface area contributed by atoms with Crippen molar-refractivity contribution in [2.45, 2.75) is 45.2 Å². The van der Waals surface area contributed by atoms with Gasteiger partial charge in [0.15, 0.2) is 5.82 Å². The maximum absolute atomic E-state index is 4.65. The van der Waals surface area contributed by atoms with Gasteiger partial charge in [0, 0.05) is 24.0 Å². The van der Waals surface area contributed by atoms with E-state index in [9.17, 15) is 0 Å². The van der Waals surface area contributed by atoms with Crippen LogP contribution in [-0.4, -0.2) is 25.8 Å². The number of anilines is 1. The summed E-state index contributed by atoms with van der Waals surface area (Å²) in [6.07, 6.45) is 6.89. The fourth-order valence-electron chi connectivity index (χ4n) is 2.57. The average Bonchev–Trinajstić information content (AvgIpc) is 2.91. The lowest BCUT2D eigenvalue weighted by molar-refractivity contribution is 0.361. The van der Waals surface area contributed by atoms with E-state index >= 15 is 0 Å². The third-order valence-corrected chi connectivity index (χ3v) is 3.75. The molecule has 0 bridgehead atoms. The second-order valence-electron chi connectivity index (χ2n) is 4.99. The van der Waals surface area contributed by atoms with Gasteiger partial charge in [-0.25, -0.2) is 4.68 Å². The summed E-state index contributed by atoms with van der Waals surface area (Å²) in [6.45, 7) is 4.41. The number of pyridine rings is 1. The Bertz CT molecular complexity index is 548. The summed E-state index contributed by atoms with van der Waals surface area (Å²) in [7, 11) is 0. The van der Waals surface area contributed by atoms with Crippen LogP contribution in [0.1, 0.15) is 39.2 Å². The Morgan fingerprint density at radius 3 is 2.95 bits per heavy atom. The Morgan fingerprint density at radius 1 is 1.37 bits per heavy atom. The van der Waals surface area contributed by atoms with Crippen LogP contribution in [0.2, 0.25) is 0 Å². The van der Waals surface area contributed by atoms with Gasteiger partial charge in [0.1, 0.15) is 0 Å². The van der Waals surface area contributed by atoms with Gasteiger partial charge in [-0.15, -0.1) is 5.10 Å². The average molecular weight is 257 g/mol. The molecule has 1 aliphatic rings. The van der Waals surface area contributed by atoms with Crippen molar-refractivity contribution in [3.8, 4) is 11.4 Å². The minimum Gasteiger partial charge on any atom is -0.352 e. The molecule has 2 unspecified atom stereocenters. The van der Waals surface area contributed by atoms with Crippen molar-refractivity contribution in [1.82, 2.24) is 19.7 Å². The van der Waals surface area contributed by atoms with Crippen molar-refractivity contribution in [2.75, 3.05) is 5.32 Å². The molecule has 19 heavy (non-hydrogen) atoms. The zero-order valence-corrected chi connectivity index (χ0v) is 11.4. The first-order valence-electron chi connectivity index (χ1n) is 6.95. The minimum atomic E-state index is 0.444. The number of hydrogen-bond acceptors (Lipinski definition) is 4. The Labute approximate surface area is 113 Å². The van der Waals surface area contributed by atoms with Crippen LogP contribution in [0.15, 0.2) is 24.5 Å². The first kappa shape index (κ1) is 12.1. The van der Waals surface area contributed by atoms with E-state index < -0.39 is 0 Å². The summed E-state index contributed by atoms with van der Waals surface area (Å²) in [5.41, 5.74) is 0.967. The van der Waals surface area contributed by atoms with Crippen LogP contribution in [0.5, 0.6) is 0 Å². The standard InChI is InChI=1S/C14H19N5/c1-3-11-8-12(4-2)19-14(16-11)17-13(18-19)10-6-5-7-15-9-10/h5-7,9,11-12H,3-4,8H2,1-2H3,(H,16,17,18). The molecule has 0 aromatic carbocycles. The highest BCUT2D eigenvalue weighted by molar-refractivity contribution is 5.55. The topological polar surface area (TPSA) is 55.6 Å². The van der Waals surface area contributed by atoms with Crippen LogP contribution >= 0.6 is 0 Å². The van der Waals surface area contributed by atoms with Gasteiger partial charge in [-0.1, -0.05) is 13.8 Å². The lowest BCUT2D eigenvalue weighted by Crippen LogP contribution is -2.31. The van der Waals surface area contributed by atoms with E-state index in [1.807, 2.05) is 16.8 Å². The van der Waals surface area contributed by atoms with Crippen molar-refractivity contribution >= 4 is 5.95 Å². The summed E-state index contributed by atoms with van der Waals surface area (Å²) in [5.74, 6) is 1.65. The van der Waals surface area contributed by atoms with Crippen molar-refractivity contribution in [1.29, 1.82) is 0 Å². The van der Waals surface area contributed by atoms with E-state index in [4.69, 9.17) is 0 Å². The Hall–Kier alpha value is -1.91. The minimum absolute atomic E-state index is 0.444. The number of fused-ring (bicyclic) bond motifs is 1. The number of aromatic nitrogens is 4. The van der Waals surface area contributed by atoms with E-state index in [0.29, 0.717) is 12.1 Å². The monoisotopic (exact) mass is 257 g/mol. The number of hydrogen-bond donors (Lipinski definition) is 1. The number of nitrogens with zero attached hydrogens (tertiary/aromatic N) is 4. The van der Waals surface area contributed by atoms with Gasteiger partial charge >= 0.3 is 0 Å². The summed E-state index contributed by atoms with van der Waals surface area (Å²) < 4.78 is 2.04. The van der Waals surface area contributed by atoms with Crippen LogP contribution in [0, 0.1) is 0 Å². The lowest BCUT2D eigenvalue weighted by Gasteiger charge is -2.29. The van der Waals surface area contributed by atoms with Crippen molar-refractivity contribution in [3.05, 3.63) is 24.5 Å². The van der Waals surface area contributed by atoms with Crippen LogP contribution in [0.3, 0.4) is 0 Å². The molecule has 2 aromatic rings. The maximum atomic E-state index is 4.65. The highest BCUT2D eigenvalue weighted by atomic mass is 15.4. The normalized spacial score (nSPS) is 21.8. The predicted molar refractivity (Wildman–Crippen MR) is 74.9 cm³/mol. The van der Waals surface area contributed by atoms with Crippen LogP contribution in [0.25, 0.3) is 11.4 Å². The molecule has 0 spiro atoms. The van der Waals surface area contributed by atoms with E-state index in [1.165, 1.54) is 0 Å². The smallest absolute Gasteiger partial charge is 0.222 e. The highest BCUT2D eigenvalue weighted by Gasteiger charge is 2.27. The van der Waals surface area contributed by atoms with Gasteiger partial charge in [-0.2, -0.15) is 4.98 Å². The van der Waals surface area contributed by atoms with Crippen molar-refractivity contribution < 1.29 is 0 Å². The molecule has 1 N–H and O–H groups in total. The van der Waals surface area contributed by atoms with E-state index in [0.717, 1.165) is 36.6 Å². The zero-order chi connectivity index (χ0) is 13.2. The summed E-state index contributed by atoms with van der Waals surface area (Å²) in [5, 5.41) is 8.12. The molecule has 100 valence electrons. The molecular formula is C14H19N5. The summed E-state index contributed by atoms with van der Waals surface area (Å²) in [4.78, 5) is 8.75. The van der Waals surface area contributed by atoms with Crippen LogP contribution in [0.4, 0.5) is 5.95 Å². The van der Waals surface area contributed by atoms with E-state index in [2.05, 4.69) is 34.2 Å². The van der Waals surface area contributed by atoms with E-state index in [1.54, 1.807) is 12.4 Å². The predicted octanol–water partition coefficient (Wildman–Crippen LogP) is 2.89. The molecule has 2 aromatic heterocycles. The largest absolute Gasteiger partial charge is 0.352 e. The molecule has 0 saturated heterocycles. The fourth-order valence-corrected chi connectivity index (χ4v) is 2.57. The molecular weight excluding hydrogens is 238 g/mol. The fraction of sp³-hybridized carbons (Fsp3) is 0.500. The second kappa shape index (κ2) is 4.99. The molecule has 5 heteroatoms. The highest BCUT2D eigenvalue weighted by Crippen LogP contribution is 2.30. The Morgan fingerprint density at radius 2 is 2.26 bits per heavy atom. The third-order valence-electron chi connectivity index (χ3n) is 3.75. The molecule has 2 atom stereocenters. The zero-order valence-electron chi connectivity index (χ0n) is 11.4. The van der Waals surface area contributed by atoms with Crippen LogP contribution < -0.4 is 5.32 Å². The molecule has 3 rings (SSSR count). The van der Waals surface area contributed by atoms with Gasteiger partial charge in [0.2, 0.25) is 5.95 Å². The first-order chi connectivity index (χ1) is 9.31. The molecule has 0 aliphatic carbocycles. The number of rotatable bonds is 3. The Balaban J connectivity index is 1.98. The van der Waals surface area contributed by atoms with E-state index in [-0.39, 0.29) is 0 Å². The van der Waals surface area contributed by atoms with Gasteiger partial charge < -0.3 is 5.32 Å². The summed E-state index contributed by atoms with van der Waals surface area (Å²) >= 11 is 0. The number of nitrogens with one attached hydrogen (secondary N) is 1. The second-order valence-corrected chi connectivity index (χ2v) is 4.99. The molecule has 0 fully saturated rings. The first-order valence-corrected chi connectivity index (χ1v) is 6.95. The molecule has 3 heterocycles. The molecule has 5 nitrogen and oxygen atoms in total. The molecule has 1 aliphatic heterocycles. The molecule has 0 saturated carbocycles. The van der Waals surface area contributed by atoms with Gasteiger partial charge in [0.25, 0.3) is 0 Å². The van der Waals surface area contributed by atoms with Gasteiger partial charge in [0.05, 0.1) is 6.04 Å². The summed E-state index contributed by atoms with van der Waals surface area (Å²) in [6, 6.07) is 4.85. The van der Waals surface area contributed by atoms with Crippen molar-refractivity contribution in [3.63, 3.8) is 0 Å². The quantitative estimate of drug-likeness (QED) is 0.918. The van der Waals surface area contributed by atoms with Gasteiger partial charge in [-0.05, 0) is 31.4 Å². The SMILES string of the molecule is CCC1CC(CC)n2nc(-c3cccnc3)nc2N1. The van der Waals surface area contributed by atoms with Crippen LogP contribution in [-0.2, 0) is 0 Å². The molecule has 0 amide bonds. The lowest BCUT2D eigenvalue weighted by atomic mass is 10.0. The molecule has 0 radical (unpaired) electrons. The maximum Gasteiger partial charge on any atom is 0.222 e. The van der Waals surface area contributed by atoms with Gasteiger partial charge in [-0.3, -0.25) is 4.98 Å². The Kier molecular flexibility index (Phi) is 3.19. The van der Waals surface area contributed by atoms with Crippen molar-refractivity contribution in [2.24, 2.45) is 0 Å².